The molecule has 1 rings (SSSR count). The van der Waals surface area contributed by atoms with Crippen molar-refractivity contribution in [1.82, 2.24) is 0 Å². The fourth-order valence-corrected chi connectivity index (χ4v) is 1.24. The first-order valence-corrected chi connectivity index (χ1v) is 5.31. The molecule has 0 saturated heterocycles. The fraction of sp³-hybridized carbons (Fsp3) is 0.333. The number of para-hydroxylation sites is 2. The summed E-state index contributed by atoms with van der Waals surface area (Å²) in [6, 6.07) is 7.68. The van der Waals surface area contributed by atoms with Crippen LogP contribution >= 0.6 is 22.6 Å². The van der Waals surface area contributed by atoms with Crippen LogP contribution in [-0.2, 0) is 0 Å². The maximum atomic E-state index is 5.36. The maximum Gasteiger partial charge on any atom is 0.162 e. The van der Waals surface area contributed by atoms with E-state index in [4.69, 9.17) is 9.47 Å². The van der Waals surface area contributed by atoms with E-state index in [0.29, 0.717) is 11.2 Å². The molecule has 0 radical (unpaired) electrons. The lowest BCUT2D eigenvalue weighted by Crippen LogP contribution is -1.96. The lowest BCUT2D eigenvalue weighted by atomic mass is 10.3. The van der Waals surface area contributed by atoms with E-state index >= 15 is 0 Å². The average Bonchev–Trinajstić information content (AvgIpc) is 2.09. The molecule has 2 nitrogen and oxygen atoms in total. The van der Waals surface area contributed by atoms with Gasteiger partial charge in [0.15, 0.2) is 11.5 Å². The van der Waals surface area contributed by atoms with E-state index in [2.05, 4.69) is 22.6 Å². The van der Waals surface area contributed by atoms with Crippen LogP contribution in [0, 0.1) is 0 Å². The standard InChI is InChI=1S/C9H11IO2/c1-2-11-8-5-3-4-6-9(8)12-7-10/h3-6H,2,7H2,1H3. The Kier molecular flexibility index (Phi) is 4.21. The van der Waals surface area contributed by atoms with Gasteiger partial charge in [0.2, 0.25) is 0 Å². The van der Waals surface area contributed by atoms with Crippen LogP contribution in [0.2, 0.25) is 0 Å². The molecular formula is C9H11IO2. The third kappa shape index (κ3) is 2.55. The van der Waals surface area contributed by atoms with Gasteiger partial charge < -0.3 is 9.47 Å². The van der Waals surface area contributed by atoms with Crippen LogP contribution in [0.4, 0.5) is 0 Å². The second-order valence-corrected chi connectivity index (χ2v) is 2.76. The molecule has 0 aromatic heterocycles. The first kappa shape index (κ1) is 9.64. The summed E-state index contributed by atoms with van der Waals surface area (Å²) in [5, 5.41) is 0. The molecule has 0 amide bonds. The quantitative estimate of drug-likeness (QED) is 0.623. The van der Waals surface area contributed by atoms with E-state index in [-0.39, 0.29) is 0 Å². The molecule has 12 heavy (non-hydrogen) atoms. The number of benzene rings is 1. The van der Waals surface area contributed by atoms with Gasteiger partial charge in [-0.05, 0) is 41.6 Å². The molecule has 0 N–H and O–H groups in total. The minimum absolute atomic E-state index is 0.641. The average molecular weight is 278 g/mol. The molecular weight excluding hydrogens is 267 g/mol. The fourth-order valence-electron chi connectivity index (χ4n) is 0.903. The van der Waals surface area contributed by atoms with Gasteiger partial charge in [-0.25, -0.2) is 0 Å². The highest BCUT2D eigenvalue weighted by molar-refractivity contribution is 14.1. The predicted octanol–water partition coefficient (Wildman–Crippen LogP) is 2.86. The molecule has 66 valence electrons. The van der Waals surface area contributed by atoms with E-state index < -0.39 is 0 Å². The number of alkyl halides is 1. The lowest BCUT2D eigenvalue weighted by molar-refractivity contribution is 0.308. The predicted molar refractivity (Wildman–Crippen MR) is 57.1 cm³/mol. The Bertz CT molecular complexity index is 213. The Balaban J connectivity index is 2.77. The van der Waals surface area contributed by atoms with Crippen molar-refractivity contribution in [2.75, 3.05) is 11.2 Å². The number of hydrogen-bond donors (Lipinski definition) is 0. The third-order valence-corrected chi connectivity index (χ3v) is 1.67. The summed E-state index contributed by atoms with van der Waals surface area (Å²) < 4.78 is 11.4. The minimum atomic E-state index is 0.641. The Labute approximate surface area is 86.0 Å². The Morgan fingerprint density at radius 2 is 1.75 bits per heavy atom. The molecule has 1 aromatic carbocycles. The highest BCUT2D eigenvalue weighted by Crippen LogP contribution is 2.26. The first-order valence-electron chi connectivity index (χ1n) is 3.79. The van der Waals surface area contributed by atoms with Gasteiger partial charge in [0.05, 0.1) is 6.61 Å². The molecule has 0 aliphatic carbocycles. The minimum Gasteiger partial charge on any atom is -0.490 e. The summed E-state index contributed by atoms with van der Waals surface area (Å²) in [5.41, 5.74) is 0. The molecule has 0 atom stereocenters. The van der Waals surface area contributed by atoms with Crippen LogP contribution in [0.15, 0.2) is 24.3 Å². The molecule has 0 aliphatic rings. The summed E-state index contributed by atoms with van der Waals surface area (Å²) in [5.74, 6) is 1.63. The van der Waals surface area contributed by atoms with Gasteiger partial charge in [-0.2, -0.15) is 0 Å². The van der Waals surface area contributed by atoms with Gasteiger partial charge in [0.25, 0.3) is 0 Å². The Hall–Kier alpha value is -0.450. The van der Waals surface area contributed by atoms with Crippen molar-refractivity contribution in [3.8, 4) is 11.5 Å². The van der Waals surface area contributed by atoms with Crippen molar-refractivity contribution in [1.29, 1.82) is 0 Å². The second-order valence-electron chi connectivity index (χ2n) is 2.13. The second kappa shape index (κ2) is 5.24. The zero-order chi connectivity index (χ0) is 8.81. The molecule has 0 bridgehead atoms. The van der Waals surface area contributed by atoms with Crippen LogP contribution in [0.5, 0.6) is 11.5 Å². The smallest absolute Gasteiger partial charge is 0.162 e. The lowest BCUT2D eigenvalue weighted by Gasteiger charge is -2.08. The largest absolute Gasteiger partial charge is 0.490 e. The van der Waals surface area contributed by atoms with Crippen molar-refractivity contribution in [3.05, 3.63) is 24.3 Å². The van der Waals surface area contributed by atoms with Crippen LogP contribution in [-0.4, -0.2) is 11.2 Å². The molecule has 0 unspecified atom stereocenters. The third-order valence-electron chi connectivity index (χ3n) is 1.36. The van der Waals surface area contributed by atoms with Gasteiger partial charge in [-0.3, -0.25) is 0 Å². The molecule has 0 heterocycles. The number of hydrogen-bond acceptors (Lipinski definition) is 2. The van der Waals surface area contributed by atoms with Gasteiger partial charge in [-0.15, -0.1) is 0 Å². The zero-order valence-corrected chi connectivity index (χ0v) is 9.08. The highest BCUT2D eigenvalue weighted by Gasteiger charge is 2.00. The Morgan fingerprint density at radius 3 is 2.25 bits per heavy atom. The SMILES string of the molecule is CCOc1ccccc1OCI. The van der Waals surface area contributed by atoms with E-state index in [0.717, 1.165) is 11.5 Å². The summed E-state index contributed by atoms with van der Waals surface area (Å²) in [6.07, 6.45) is 0. The van der Waals surface area contributed by atoms with Gasteiger partial charge in [-0.1, -0.05) is 12.1 Å². The van der Waals surface area contributed by atoms with Crippen molar-refractivity contribution >= 4 is 22.6 Å². The van der Waals surface area contributed by atoms with E-state index in [1.165, 1.54) is 0 Å². The zero-order valence-electron chi connectivity index (χ0n) is 6.92. The van der Waals surface area contributed by atoms with Crippen LogP contribution in [0.25, 0.3) is 0 Å². The molecule has 0 spiro atoms. The van der Waals surface area contributed by atoms with Gasteiger partial charge in [0.1, 0.15) is 4.61 Å². The topological polar surface area (TPSA) is 18.5 Å². The van der Waals surface area contributed by atoms with Crippen molar-refractivity contribution in [2.45, 2.75) is 6.92 Å². The Morgan fingerprint density at radius 1 is 1.17 bits per heavy atom. The normalized spacial score (nSPS) is 9.50. The monoisotopic (exact) mass is 278 g/mol. The summed E-state index contributed by atoms with van der Waals surface area (Å²) in [6.45, 7) is 2.63. The van der Waals surface area contributed by atoms with Gasteiger partial charge >= 0.3 is 0 Å². The summed E-state index contributed by atoms with van der Waals surface area (Å²) >= 11 is 2.16. The molecule has 0 fully saturated rings. The molecule has 1 aromatic rings. The van der Waals surface area contributed by atoms with Crippen molar-refractivity contribution < 1.29 is 9.47 Å². The van der Waals surface area contributed by atoms with Crippen molar-refractivity contribution in [3.63, 3.8) is 0 Å². The van der Waals surface area contributed by atoms with Crippen LogP contribution in [0.1, 0.15) is 6.92 Å². The van der Waals surface area contributed by atoms with E-state index in [9.17, 15) is 0 Å². The molecule has 0 aliphatic heterocycles. The maximum absolute atomic E-state index is 5.36. The molecule has 3 heteroatoms. The molecule has 0 saturated carbocycles. The van der Waals surface area contributed by atoms with Crippen LogP contribution < -0.4 is 9.47 Å². The number of rotatable bonds is 4. The van der Waals surface area contributed by atoms with Gasteiger partial charge in [0, 0.05) is 0 Å². The van der Waals surface area contributed by atoms with Crippen molar-refractivity contribution in [2.24, 2.45) is 0 Å². The number of halogens is 1. The first-order chi connectivity index (χ1) is 5.88. The summed E-state index contributed by atoms with van der Waals surface area (Å²) in [7, 11) is 0. The van der Waals surface area contributed by atoms with E-state index in [1.807, 2.05) is 31.2 Å². The van der Waals surface area contributed by atoms with E-state index in [1.54, 1.807) is 0 Å². The summed E-state index contributed by atoms with van der Waals surface area (Å²) in [4.78, 5) is 0. The number of ether oxygens (including phenoxy) is 2. The highest BCUT2D eigenvalue weighted by atomic mass is 127. The van der Waals surface area contributed by atoms with Crippen LogP contribution in [0.3, 0.4) is 0 Å².